The fourth-order valence-electron chi connectivity index (χ4n) is 1.64. The molecule has 0 bridgehead atoms. The molecule has 2 rings (SSSR count). The fraction of sp³-hybridized carbons (Fsp3) is 0.417. The third kappa shape index (κ3) is 2.59. The van der Waals surface area contributed by atoms with Gasteiger partial charge in [-0.15, -0.1) is 11.3 Å². The summed E-state index contributed by atoms with van der Waals surface area (Å²) in [6.45, 7) is 4.41. The van der Waals surface area contributed by atoms with Gasteiger partial charge in [-0.1, -0.05) is 0 Å². The first-order chi connectivity index (χ1) is 8.47. The Morgan fingerprint density at radius 3 is 2.61 bits per heavy atom. The Hall–Kier alpha value is -1.69. The minimum atomic E-state index is -0.0911. The van der Waals surface area contributed by atoms with E-state index in [4.69, 9.17) is 0 Å². The summed E-state index contributed by atoms with van der Waals surface area (Å²) in [5.41, 5.74) is 1.70. The third-order valence-electron chi connectivity index (χ3n) is 2.66. The SMILES string of the molecule is Cc1nc(C)c(Cn2ncc(N(C)C)cc2=O)s1. The molecule has 96 valence electrons. The molecule has 0 N–H and O–H groups in total. The molecule has 0 aliphatic rings. The Morgan fingerprint density at radius 2 is 2.11 bits per heavy atom. The average molecular weight is 264 g/mol. The maximum absolute atomic E-state index is 11.9. The van der Waals surface area contributed by atoms with Crippen LogP contribution in [0.2, 0.25) is 0 Å². The predicted octanol–water partition coefficient (Wildman–Crippen LogP) is 1.43. The number of anilines is 1. The van der Waals surface area contributed by atoms with Crippen molar-refractivity contribution in [2.45, 2.75) is 20.4 Å². The molecule has 0 aliphatic carbocycles. The molecule has 0 saturated carbocycles. The lowest BCUT2D eigenvalue weighted by Gasteiger charge is -2.12. The van der Waals surface area contributed by atoms with E-state index >= 15 is 0 Å². The molecule has 0 spiro atoms. The summed E-state index contributed by atoms with van der Waals surface area (Å²) in [5, 5.41) is 5.20. The van der Waals surface area contributed by atoms with Gasteiger partial charge < -0.3 is 4.90 Å². The number of hydrogen-bond acceptors (Lipinski definition) is 5. The lowest BCUT2D eigenvalue weighted by molar-refractivity contribution is 0.641. The lowest BCUT2D eigenvalue weighted by atomic mass is 10.4. The molecule has 0 radical (unpaired) electrons. The molecule has 2 aromatic rings. The molecular formula is C12H16N4OS. The predicted molar refractivity (Wildman–Crippen MR) is 73.5 cm³/mol. The highest BCUT2D eigenvalue weighted by Gasteiger charge is 2.08. The number of hydrogen-bond donors (Lipinski definition) is 0. The van der Waals surface area contributed by atoms with Crippen LogP contribution in [-0.4, -0.2) is 28.9 Å². The standard InChI is InChI=1S/C12H16N4OS/c1-8-11(18-9(2)14-8)7-16-12(17)5-10(6-13-16)15(3)4/h5-6H,7H2,1-4H3. The van der Waals surface area contributed by atoms with Gasteiger partial charge in [-0.2, -0.15) is 5.10 Å². The molecule has 0 unspecified atom stereocenters. The van der Waals surface area contributed by atoms with E-state index in [9.17, 15) is 4.79 Å². The van der Waals surface area contributed by atoms with E-state index in [1.54, 1.807) is 23.6 Å². The van der Waals surface area contributed by atoms with Gasteiger partial charge in [0.1, 0.15) is 0 Å². The third-order valence-corrected chi connectivity index (χ3v) is 3.72. The minimum absolute atomic E-state index is 0.0911. The normalized spacial score (nSPS) is 10.7. The smallest absolute Gasteiger partial charge is 0.269 e. The van der Waals surface area contributed by atoms with Crippen LogP contribution in [0.4, 0.5) is 5.69 Å². The molecule has 0 saturated heterocycles. The Kier molecular flexibility index (Phi) is 3.47. The van der Waals surface area contributed by atoms with Gasteiger partial charge in [0.15, 0.2) is 0 Å². The number of aryl methyl sites for hydroxylation is 2. The minimum Gasteiger partial charge on any atom is -0.376 e. The average Bonchev–Trinajstić information content (AvgIpc) is 2.60. The van der Waals surface area contributed by atoms with Crippen LogP contribution in [0.1, 0.15) is 15.6 Å². The highest BCUT2D eigenvalue weighted by molar-refractivity contribution is 7.11. The maximum Gasteiger partial charge on any atom is 0.269 e. The van der Waals surface area contributed by atoms with Crippen molar-refractivity contribution in [3.05, 3.63) is 38.2 Å². The first kappa shape index (κ1) is 12.8. The molecule has 18 heavy (non-hydrogen) atoms. The van der Waals surface area contributed by atoms with E-state index in [1.165, 1.54) is 4.68 Å². The van der Waals surface area contributed by atoms with Crippen molar-refractivity contribution in [2.75, 3.05) is 19.0 Å². The van der Waals surface area contributed by atoms with Crippen LogP contribution in [0.5, 0.6) is 0 Å². The summed E-state index contributed by atoms with van der Waals surface area (Å²) in [7, 11) is 3.77. The van der Waals surface area contributed by atoms with Gasteiger partial charge in [0.25, 0.3) is 5.56 Å². The van der Waals surface area contributed by atoms with Gasteiger partial charge in [-0.25, -0.2) is 9.67 Å². The van der Waals surface area contributed by atoms with Crippen molar-refractivity contribution in [3.63, 3.8) is 0 Å². The van der Waals surface area contributed by atoms with E-state index in [0.717, 1.165) is 21.3 Å². The van der Waals surface area contributed by atoms with Gasteiger partial charge in [-0.3, -0.25) is 4.79 Å². The topological polar surface area (TPSA) is 51.0 Å². The number of thiazole rings is 1. The first-order valence-electron chi connectivity index (χ1n) is 5.65. The summed E-state index contributed by atoms with van der Waals surface area (Å²) in [6.07, 6.45) is 1.70. The van der Waals surface area contributed by atoms with Gasteiger partial charge in [-0.05, 0) is 13.8 Å². The number of rotatable bonds is 3. The Balaban J connectivity index is 2.30. The lowest BCUT2D eigenvalue weighted by Crippen LogP contribution is -2.24. The quantitative estimate of drug-likeness (QED) is 0.841. The molecule has 2 heterocycles. The molecule has 0 atom stereocenters. The summed E-state index contributed by atoms with van der Waals surface area (Å²) in [6, 6.07) is 1.59. The fourth-order valence-corrected chi connectivity index (χ4v) is 2.56. The molecule has 2 aromatic heterocycles. The van der Waals surface area contributed by atoms with Gasteiger partial charge in [0, 0.05) is 25.0 Å². The van der Waals surface area contributed by atoms with Crippen LogP contribution in [-0.2, 0) is 6.54 Å². The summed E-state index contributed by atoms with van der Waals surface area (Å²) < 4.78 is 1.47. The van der Waals surface area contributed by atoms with Crippen LogP contribution in [0.25, 0.3) is 0 Å². The van der Waals surface area contributed by atoms with Crippen molar-refractivity contribution in [1.82, 2.24) is 14.8 Å². The van der Waals surface area contributed by atoms with E-state index in [2.05, 4.69) is 10.1 Å². The second-order valence-electron chi connectivity index (χ2n) is 4.35. The van der Waals surface area contributed by atoms with E-state index in [-0.39, 0.29) is 5.56 Å². The summed E-state index contributed by atoms with van der Waals surface area (Å²) in [5.74, 6) is 0. The highest BCUT2D eigenvalue weighted by atomic mass is 32.1. The van der Waals surface area contributed by atoms with Crippen molar-refractivity contribution in [3.8, 4) is 0 Å². The number of aromatic nitrogens is 3. The van der Waals surface area contributed by atoms with E-state index in [1.807, 2.05) is 32.8 Å². The molecule has 0 fully saturated rings. The van der Waals surface area contributed by atoms with Crippen molar-refractivity contribution >= 4 is 17.0 Å². The van der Waals surface area contributed by atoms with Crippen LogP contribution >= 0.6 is 11.3 Å². The Bertz CT molecular complexity index is 615. The molecule has 0 amide bonds. The first-order valence-corrected chi connectivity index (χ1v) is 6.46. The van der Waals surface area contributed by atoms with Crippen LogP contribution in [0, 0.1) is 13.8 Å². The van der Waals surface area contributed by atoms with Crippen LogP contribution in [0.15, 0.2) is 17.1 Å². The zero-order chi connectivity index (χ0) is 13.3. The van der Waals surface area contributed by atoms with E-state index in [0.29, 0.717) is 6.54 Å². The Morgan fingerprint density at radius 1 is 1.39 bits per heavy atom. The van der Waals surface area contributed by atoms with Crippen molar-refractivity contribution in [2.24, 2.45) is 0 Å². The van der Waals surface area contributed by atoms with E-state index < -0.39 is 0 Å². The molecule has 5 nitrogen and oxygen atoms in total. The summed E-state index contributed by atoms with van der Waals surface area (Å²) in [4.78, 5) is 19.2. The second kappa shape index (κ2) is 4.89. The zero-order valence-corrected chi connectivity index (χ0v) is 11.8. The number of nitrogens with zero attached hydrogens (tertiary/aromatic N) is 4. The second-order valence-corrected chi connectivity index (χ2v) is 5.63. The highest BCUT2D eigenvalue weighted by Crippen LogP contribution is 2.17. The monoisotopic (exact) mass is 264 g/mol. The van der Waals surface area contributed by atoms with Gasteiger partial charge in [0.2, 0.25) is 0 Å². The van der Waals surface area contributed by atoms with Gasteiger partial charge in [0.05, 0.1) is 29.1 Å². The van der Waals surface area contributed by atoms with Crippen LogP contribution < -0.4 is 10.5 Å². The molecule has 0 aliphatic heterocycles. The molecule has 6 heteroatoms. The zero-order valence-electron chi connectivity index (χ0n) is 11.0. The van der Waals surface area contributed by atoms with Crippen LogP contribution in [0.3, 0.4) is 0 Å². The van der Waals surface area contributed by atoms with Crippen molar-refractivity contribution < 1.29 is 0 Å². The molecule has 0 aromatic carbocycles. The summed E-state index contributed by atoms with van der Waals surface area (Å²) >= 11 is 1.61. The van der Waals surface area contributed by atoms with Gasteiger partial charge >= 0.3 is 0 Å². The largest absolute Gasteiger partial charge is 0.376 e. The maximum atomic E-state index is 11.9. The molecular weight excluding hydrogens is 248 g/mol. The van der Waals surface area contributed by atoms with Crippen molar-refractivity contribution in [1.29, 1.82) is 0 Å². The Labute approximate surface area is 110 Å².